The Kier molecular flexibility index (Phi) is 7.02. The van der Waals surface area contributed by atoms with E-state index in [9.17, 15) is 9.59 Å². The molecule has 2 N–H and O–H groups in total. The van der Waals surface area contributed by atoms with Crippen LogP contribution in [0.4, 0.5) is 4.79 Å². The molecule has 0 rings (SSSR count). The third-order valence-electron chi connectivity index (χ3n) is 2.34. The second kappa shape index (κ2) is 7.70. The number of amides is 2. The van der Waals surface area contributed by atoms with Gasteiger partial charge in [0.15, 0.2) is 0 Å². The van der Waals surface area contributed by atoms with Gasteiger partial charge in [0.2, 0.25) is 0 Å². The molecule has 0 heterocycles. The summed E-state index contributed by atoms with van der Waals surface area (Å²) < 4.78 is 0. The fourth-order valence-corrected chi connectivity index (χ4v) is 1.44. The van der Waals surface area contributed by atoms with Crippen LogP contribution in [0.5, 0.6) is 0 Å². The molecule has 0 aromatic rings. The molecule has 0 saturated heterocycles. The van der Waals surface area contributed by atoms with Gasteiger partial charge < -0.3 is 15.3 Å². The van der Waals surface area contributed by atoms with Gasteiger partial charge in [-0.2, -0.15) is 0 Å². The molecule has 0 aliphatic rings. The molecule has 0 spiro atoms. The van der Waals surface area contributed by atoms with Gasteiger partial charge in [0.05, 0.1) is 0 Å². The van der Waals surface area contributed by atoms with Gasteiger partial charge in [-0.05, 0) is 12.3 Å². The molecule has 0 aliphatic carbocycles. The summed E-state index contributed by atoms with van der Waals surface area (Å²) in [4.78, 5) is 24.4. The summed E-state index contributed by atoms with van der Waals surface area (Å²) in [6.07, 6.45) is 2.45. The zero-order valence-corrected chi connectivity index (χ0v) is 10.8. The minimum atomic E-state index is -1.01. The molecule has 0 fully saturated rings. The van der Waals surface area contributed by atoms with Crippen LogP contribution in [0.3, 0.4) is 0 Å². The summed E-state index contributed by atoms with van der Waals surface area (Å²) >= 11 is 0. The predicted octanol–water partition coefficient (Wildman–Crippen LogP) is 1.70. The zero-order valence-electron chi connectivity index (χ0n) is 10.8. The van der Waals surface area contributed by atoms with E-state index in [1.54, 1.807) is 24.8 Å². The number of nitrogens with zero attached hydrogens (tertiary/aromatic N) is 1. The molecule has 0 unspecified atom stereocenters. The molecular formula is C12H22N2O3. The molecule has 5 nitrogen and oxygen atoms in total. The maximum absolute atomic E-state index is 11.8. The van der Waals surface area contributed by atoms with Crippen LogP contribution in [0.2, 0.25) is 0 Å². The summed E-state index contributed by atoms with van der Waals surface area (Å²) in [7, 11) is 0. The lowest BCUT2D eigenvalue weighted by Crippen LogP contribution is -2.50. The van der Waals surface area contributed by atoms with Crippen molar-refractivity contribution in [3.8, 4) is 0 Å². The maximum Gasteiger partial charge on any atom is 0.326 e. The molecular weight excluding hydrogens is 220 g/mol. The van der Waals surface area contributed by atoms with Crippen molar-refractivity contribution in [2.24, 2.45) is 5.92 Å². The van der Waals surface area contributed by atoms with E-state index in [4.69, 9.17) is 5.11 Å². The SMILES string of the molecule is C=CCN(CCC)C(=O)N[C@H](C(=O)O)C(C)C. The second-order valence-corrected chi connectivity index (χ2v) is 4.24. The Morgan fingerprint density at radius 3 is 2.41 bits per heavy atom. The summed E-state index contributed by atoms with van der Waals surface area (Å²) in [6, 6.07) is -1.21. The van der Waals surface area contributed by atoms with Crippen molar-refractivity contribution in [3.63, 3.8) is 0 Å². The molecule has 0 aliphatic heterocycles. The van der Waals surface area contributed by atoms with Gasteiger partial charge in [0, 0.05) is 13.1 Å². The van der Waals surface area contributed by atoms with Crippen LogP contribution in [0.15, 0.2) is 12.7 Å². The minimum Gasteiger partial charge on any atom is -0.480 e. The van der Waals surface area contributed by atoms with E-state index in [1.807, 2.05) is 6.92 Å². The molecule has 2 amide bonds. The number of hydrogen-bond acceptors (Lipinski definition) is 2. The first kappa shape index (κ1) is 15.5. The fraction of sp³-hybridized carbons (Fsp3) is 0.667. The lowest BCUT2D eigenvalue weighted by molar-refractivity contribution is -0.140. The smallest absolute Gasteiger partial charge is 0.326 e. The van der Waals surface area contributed by atoms with Crippen LogP contribution in [-0.2, 0) is 4.79 Å². The highest BCUT2D eigenvalue weighted by Crippen LogP contribution is 2.03. The molecule has 0 bridgehead atoms. The molecule has 0 aromatic carbocycles. The lowest BCUT2D eigenvalue weighted by atomic mass is 10.1. The average Bonchev–Trinajstić information content (AvgIpc) is 2.24. The number of urea groups is 1. The molecule has 0 saturated carbocycles. The topological polar surface area (TPSA) is 69.6 Å². The van der Waals surface area contributed by atoms with Crippen LogP contribution in [-0.4, -0.2) is 41.1 Å². The first-order valence-corrected chi connectivity index (χ1v) is 5.83. The normalized spacial score (nSPS) is 12.0. The van der Waals surface area contributed by atoms with Crippen molar-refractivity contribution in [1.29, 1.82) is 0 Å². The Morgan fingerprint density at radius 2 is 2.06 bits per heavy atom. The Balaban J connectivity index is 4.55. The van der Waals surface area contributed by atoms with Crippen LogP contribution in [0.25, 0.3) is 0 Å². The van der Waals surface area contributed by atoms with Gasteiger partial charge >= 0.3 is 12.0 Å². The van der Waals surface area contributed by atoms with Crippen LogP contribution in [0, 0.1) is 5.92 Å². The van der Waals surface area contributed by atoms with E-state index >= 15 is 0 Å². The molecule has 5 heteroatoms. The summed E-state index contributed by atoms with van der Waals surface area (Å²) in [5.41, 5.74) is 0. The Labute approximate surface area is 102 Å². The van der Waals surface area contributed by atoms with Crippen molar-refractivity contribution in [1.82, 2.24) is 10.2 Å². The minimum absolute atomic E-state index is 0.149. The molecule has 17 heavy (non-hydrogen) atoms. The van der Waals surface area contributed by atoms with E-state index in [0.717, 1.165) is 6.42 Å². The number of aliphatic carboxylic acids is 1. The predicted molar refractivity (Wildman–Crippen MR) is 66.9 cm³/mol. The Bertz CT molecular complexity index is 277. The standard InChI is InChI=1S/C12H22N2O3/c1-5-7-14(8-6-2)12(17)13-10(9(3)4)11(15)16/h5,9-10H,1,6-8H2,2-4H3,(H,13,17)(H,15,16)/t10-/m0/s1. The highest BCUT2D eigenvalue weighted by molar-refractivity contribution is 5.82. The first-order valence-electron chi connectivity index (χ1n) is 5.83. The Morgan fingerprint density at radius 1 is 1.47 bits per heavy atom. The third kappa shape index (κ3) is 5.38. The van der Waals surface area contributed by atoms with Crippen LogP contribution in [0.1, 0.15) is 27.2 Å². The van der Waals surface area contributed by atoms with Crippen molar-refractivity contribution in [3.05, 3.63) is 12.7 Å². The molecule has 98 valence electrons. The lowest BCUT2D eigenvalue weighted by Gasteiger charge is -2.25. The number of rotatable bonds is 7. The van der Waals surface area contributed by atoms with Crippen LogP contribution < -0.4 is 5.32 Å². The number of carbonyl (C=O) groups excluding carboxylic acids is 1. The van der Waals surface area contributed by atoms with Crippen molar-refractivity contribution in [2.45, 2.75) is 33.2 Å². The van der Waals surface area contributed by atoms with Gasteiger partial charge in [-0.15, -0.1) is 6.58 Å². The first-order chi connectivity index (χ1) is 7.93. The van der Waals surface area contributed by atoms with Crippen molar-refractivity contribution < 1.29 is 14.7 Å². The molecule has 1 atom stereocenters. The van der Waals surface area contributed by atoms with E-state index in [1.165, 1.54) is 0 Å². The number of hydrogen-bond donors (Lipinski definition) is 2. The largest absolute Gasteiger partial charge is 0.480 e. The van der Waals surface area contributed by atoms with Gasteiger partial charge in [0.1, 0.15) is 6.04 Å². The third-order valence-corrected chi connectivity index (χ3v) is 2.34. The quantitative estimate of drug-likeness (QED) is 0.668. The average molecular weight is 242 g/mol. The highest BCUT2D eigenvalue weighted by atomic mass is 16.4. The number of carbonyl (C=O) groups is 2. The number of carboxylic acid groups (broad SMARTS) is 1. The van der Waals surface area contributed by atoms with Gasteiger partial charge in [0.25, 0.3) is 0 Å². The van der Waals surface area contributed by atoms with E-state index in [2.05, 4.69) is 11.9 Å². The van der Waals surface area contributed by atoms with Crippen LogP contribution >= 0.6 is 0 Å². The molecule has 0 radical (unpaired) electrons. The number of carboxylic acids is 1. The fourth-order valence-electron chi connectivity index (χ4n) is 1.44. The van der Waals surface area contributed by atoms with Gasteiger partial charge in [-0.25, -0.2) is 9.59 Å². The second-order valence-electron chi connectivity index (χ2n) is 4.24. The van der Waals surface area contributed by atoms with E-state index in [0.29, 0.717) is 13.1 Å². The van der Waals surface area contributed by atoms with E-state index in [-0.39, 0.29) is 11.9 Å². The van der Waals surface area contributed by atoms with E-state index < -0.39 is 12.0 Å². The summed E-state index contributed by atoms with van der Waals surface area (Å²) in [6.45, 7) is 10.1. The summed E-state index contributed by atoms with van der Waals surface area (Å²) in [5, 5.41) is 11.5. The summed E-state index contributed by atoms with van der Waals surface area (Å²) in [5.74, 6) is -1.16. The zero-order chi connectivity index (χ0) is 13.4. The van der Waals surface area contributed by atoms with Crippen molar-refractivity contribution in [2.75, 3.05) is 13.1 Å². The molecule has 0 aromatic heterocycles. The van der Waals surface area contributed by atoms with Gasteiger partial charge in [-0.1, -0.05) is 26.8 Å². The Hall–Kier alpha value is -1.52. The monoisotopic (exact) mass is 242 g/mol. The van der Waals surface area contributed by atoms with Gasteiger partial charge in [-0.3, -0.25) is 0 Å². The highest BCUT2D eigenvalue weighted by Gasteiger charge is 2.25. The van der Waals surface area contributed by atoms with Crippen molar-refractivity contribution >= 4 is 12.0 Å². The maximum atomic E-state index is 11.8. The number of nitrogens with one attached hydrogen (secondary N) is 1.